The lowest BCUT2D eigenvalue weighted by Crippen LogP contribution is -2.26. The summed E-state index contributed by atoms with van der Waals surface area (Å²) in [7, 11) is 0. The molecule has 1 aliphatic heterocycles. The molecule has 0 radical (unpaired) electrons. The molecular formula is C18H20ClNO3S. The Bertz CT molecular complexity index is 693. The van der Waals surface area contributed by atoms with Crippen molar-refractivity contribution in [3.63, 3.8) is 0 Å². The molecular weight excluding hydrogens is 346 g/mol. The normalized spacial score (nSPS) is 12.8. The highest BCUT2D eigenvalue weighted by Crippen LogP contribution is 2.37. The molecule has 128 valence electrons. The maximum Gasteiger partial charge on any atom is 0.231 e. The fourth-order valence-corrected chi connectivity index (χ4v) is 3.29. The molecule has 4 nitrogen and oxygen atoms in total. The Morgan fingerprint density at radius 1 is 1.12 bits per heavy atom. The molecule has 1 heterocycles. The molecule has 0 aromatic heterocycles. The quantitative estimate of drug-likeness (QED) is 0.756. The molecule has 0 atom stereocenters. The van der Waals surface area contributed by atoms with E-state index in [-0.39, 0.29) is 13.4 Å². The predicted molar refractivity (Wildman–Crippen MR) is 97.0 cm³/mol. The highest BCUT2D eigenvalue weighted by atomic mass is 35.5. The minimum absolute atomic E-state index is 0.102. The van der Waals surface area contributed by atoms with Crippen molar-refractivity contribution in [2.24, 2.45) is 0 Å². The van der Waals surface area contributed by atoms with Crippen LogP contribution >= 0.6 is 23.4 Å². The molecule has 6 heteroatoms. The maximum absolute atomic E-state index is 9.38. The summed E-state index contributed by atoms with van der Waals surface area (Å²) in [5, 5.41) is 10.0. The second-order valence-corrected chi connectivity index (χ2v) is 6.87. The summed E-state index contributed by atoms with van der Waals surface area (Å²) in [6.45, 7) is 2.30. The average molecular weight is 366 g/mol. The van der Waals surface area contributed by atoms with Gasteiger partial charge in [-0.15, -0.1) is 11.8 Å². The van der Waals surface area contributed by atoms with Gasteiger partial charge in [-0.25, -0.2) is 0 Å². The fraction of sp³-hybridized carbons (Fsp3) is 0.333. The Morgan fingerprint density at radius 3 is 2.50 bits per heavy atom. The lowest BCUT2D eigenvalue weighted by molar-refractivity contribution is 0.173. The van der Waals surface area contributed by atoms with E-state index in [1.165, 1.54) is 10.5 Å². The zero-order valence-electron chi connectivity index (χ0n) is 13.5. The van der Waals surface area contributed by atoms with E-state index in [4.69, 9.17) is 21.1 Å². The molecule has 1 aliphatic rings. The third-order valence-electron chi connectivity index (χ3n) is 3.92. The molecule has 2 aromatic carbocycles. The molecule has 24 heavy (non-hydrogen) atoms. The second kappa shape index (κ2) is 8.12. The number of thioether (sulfide) groups is 1. The van der Waals surface area contributed by atoms with Gasteiger partial charge in [0.15, 0.2) is 11.5 Å². The molecule has 1 N–H and O–H groups in total. The van der Waals surface area contributed by atoms with E-state index in [2.05, 4.69) is 35.4 Å². The van der Waals surface area contributed by atoms with Crippen LogP contribution in [0.15, 0.2) is 41.3 Å². The molecule has 0 bridgehead atoms. The van der Waals surface area contributed by atoms with Gasteiger partial charge in [0.25, 0.3) is 0 Å². The summed E-state index contributed by atoms with van der Waals surface area (Å²) in [5.41, 5.74) is 2.17. The van der Waals surface area contributed by atoms with Crippen molar-refractivity contribution in [1.29, 1.82) is 0 Å². The van der Waals surface area contributed by atoms with Crippen LogP contribution in [0.25, 0.3) is 0 Å². The third kappa shape index (κ3) is 4.16. The van der Waals surface area contributed by atoms with E-state index in [1.54, 1.807) is 17.8 Å². The number of aliphatic hydroxyl groups is 1. The fourth-order valence-electron chi connectivity index (χ4n) is 2.67. The Hall–Kier alpha value is -1.40. The SMILES string of the molecule is CSc1ccc(CN(CCO)Cc2cc3c(cc2Cl)OCO3)cc1. The first-order valence-electron chi connectivity index (χ1n) is 7.74. The number of halogens is 1. The zero-order valence-corrected chi connectivity index (χ0v) is 15.1. The van der Waals surface area contributed by atoms with Gasteiger partial charge in [0.1, 0.15) is 0 Å². The average Bonchev–Trinajstić information content (AvgIpc) is 3.03. The van der Waals surface area contributed by atoms with Crippen LogP contribution in [0.1, 0.15) is 11.1 Å². The number of benzene rings is 2. The monoisotopic (exact) mass is 365 g/mol. The van der Waals surface area contributed by atoms with Gasteiger partial charge < -0.3 is 14.6 Å². The van der Waals surface area contributed by atoms with Crippen LogP contribution in [-0.2, 0) is 13.1 Å². The Morgan fingerprint density at radius 2 is 1.83 bits per heavy atom. The van der Waals surface area contributed by atoms with E-state index in [1.807, 2.05) is 6.07 Å². The third-order valence-corrected chi connectivity index (χ3v) is 5.01. The van der Waals surface area contributed by atoms with Gasteiger partial charge in [-0.2, -0.15) is 0 Å². The molecule has 3 rings (SSSR count). The first-order chi connectivity index (χ1) is 11.7. The summed E-state index contributed by atoms with van der Waals surface area (Å²) in [6, 6.07) is 12.2. The summed E-state index contributed by atoms with van der Waals surface area (Å²) in [5.74, 6) is 1.41. The van der Waals surface area contributed by atoms with Crippen molar-refractivity contribution in [2.45, 2.75) is 18.0 Å². The molecule has 0 fully saturated rings. The Balaban J connectivity index is 1.73. The summed E-state index contributed by atoms with van der Waals surface area (Å²) < 4.78 is 10.8. The van der Waals surface area contributed by atoms with Crippen molar-refractivity contribution in [3.05, 3.63) is 52.5 Å². The number of rotatable bonds is 7. The number of hydrogen-bond acceptors (Lipinski definition) is 5. The standard InChI is InChI=1S/C18H20ClNO3S/c1-24-15-4-2-13(3-5-15)10-20(6-7-21)11-14-8-17-18(9-16(14)19)23-12-22-17/h2-5,8-9,21H,6-7,10-12H2,1H3. The largest absolute Gasteiger partial charge is 0.454 e. The van der Waals surface area contributed by atoms with Crippen LogP contribution in [0, 0.1) is 0 Å². The van der Waals surface area contributed by atoms with Gasteiger partial charge in [0.2, 0.25) is 6.79 Å². The number of ether oxygens (including phenoxy) is 2. The highest BCUT2D eigenvalue weighted by molar-refractivity contribution is 7.98. The molecule has 0 aliphatic carbocycles. The van der Waals surface area contributed by atoms with Gasteiger partial charge in [0.05, 0.1) is 6.61 Å². The minimum Gasteiger partial charge on any atom is -0.454 e. The van der Waals surface area contributed by atoms with Crippen molar-refractivity contribution in [3.8, 4) is 11.5 Å². The molecule has 2 aromatic rings. The number of hydrogen-bond donors (Lipinski definition) is 1. The van der Waals surface area contributed by atoms with Crippen LogP contribution in [0.4, 0.5) is 0 Å². The highest BCUT2D eigenvalue weighted by Gasteiger charge is 2.18. The van der Waals surface area contributed by atoms with Crippen LogP contribution in [0.3, 0.4) is 0 Å². The van der Waals surface area contributed by atoms with Gasteiger partial charge in [-0.3, -0.25) is 4.90 Å². The van der Waals surface area contributed by atoms with Crippen molar-refractivity contribution >= 4 is 23.4 Å². The van der Waals surface area contributed by atoms with Crippen LogP contribution in [-0.4, -0.2) is 36.2 Å². The van der Waals surface area contributed by atoms with E-state index in [0.29, 0.717) is 23.9 Å². The van der Waals surface area contributed by atoms with Gasteiger partial charge in [-0.05, 0) is 35.6 Å². The minimum atomic E-state index is 0.102. The first-order valence-corrected chi connectivity index (χ1v) is 9.34. The van der Waals surface area contributed by atoms with E-state index >= 15 is 0 Å². The van der Waals surface area contributed by atoms with E-state index < -0.39 is 0 Å². The van der Waals surface area contributed by atoms with Crippen molar-refractivity contribution in [1.82, 2.24) is 4.90 Å². The topological polar surface area (TPSA) is 41.9 Å². The van der Waals surface area contributed by atoms with Gasteiger partial charge in [0, 0.05) is 35.6 Å². The summed E-state index contributed by atoms with van der Waals surface area (Å²) >= 11 is 8.09. The Kier molecular flexibility index (Phi) is 5.89. The first kappa shape index (κ1) is 17.4. The maximum atomic E-state index is 9.38. The summed E-state index contributed by atoms with van der Waals surface area (Å²) in [6.07, 6.45) is 2.06. The summed E-state index contributed by atoms with van der Waals surface area (Å²) in [4.78, 5) is 3.41. The van der Waals surface area contributed by atoms with E-state index in [0.717, 1.165) is 17.9 Å². The zero-order chi connectivity index (χ0) is 16.9. The molecule has 0 amide bonds. The number of fused-ring (bicyclic) bond motifs is 1. The lowest BCUT2D eigenvalue weighted by Gasteiger charge is -2.22. The smallest absolute Gasteiger partial charge is 0.231 e. The van der Waals surface area contributed by atoms with Crippen LogP contribution in [0.5, 0.6) is 11.5 Å². The second-order valence-electron chi connectivity index (χ2n) is 5.58. The van der Waals surface area contributed by atoms with Gasteiger partial charge >= 0.3 is 0 Å². The molecule has 0 saturated heterocycles. The number of aliphatic hydroxyl groups excluding tert-OH is 1. The molecule has 0 spiro atoms. The van der Waals surface area contributed by atoms with E-state index in [9.17, 15) is 5.11 Å². The van der Waals surface area contributed by atoms with Crippen LogP contribution in [0.2, 0.25) is 5.02 Å². The number of nitrogens with zero attached hydrogens (tertiary/aromatic N) is 1. The Labute approximate surface area is 151 Å². The van der Waals surface area contributed by atoms with Crippen molar-refractivity contribution < 1.29 is 14.6 Å². The van der Waals surface area contributed by atoms with Crippen LogP contribution < -0.4 is 9.47 Å². The molecule has 0 unspecified atom stereocenters. The predicted octanol–water partition coefficient (Wildman–Crippen LogP) is 3.79. The van der Waals surface area contributed by atoms with Gasteiger partial charge in [-0.1, -0.05) is 23.7 Å². The van der Waals surface area contributed by atoms with Crippen molar-refractivity contribution in [2.75, 3.05) is 26.2 Å². The molecule has 0 saturated carbocycles. The lowest BCUT2D eigenvalue weighted by atomic mass is 10.1.